The Bertz CT molecular complexity index is 423. The molecular weight excluding hydrogens is 235 g/mol. The minimum absolute atomic E-state index is 0.145. The van der Waals surface area contributed by atoms with Gasteiger partial charge in [-0.3, -0.25) is 4.79 Å². The van der Waals surface area contributed by atoms with Gasteiger partial charge in [0.1, 0.15) is 0 Å². The number of benzene rings is 1. The van der Waals surface area contributed by atoms with E-state index in [1.54, 1.807) is 19.2 Å². The number of nitrogens with zero attached hydrogens (tertiary/aromatic N) is 1. The van der Waals surface area contributed by atoms with Gasteiger partial charge in [-0.05, 0) is 24.1 Å². The maximum absolute atomic E-state index is 13.5. The highest BCUT2D eigenvalue weighted by molar-refractivity contribution is 5.81. The maximum atomic E-state index is 13.5. The van der Waals surface area contributed by atoms with Crippen LogP contribution in [0.2, 0.25) is 0 Å². The van der Waals surface area contributed by atoms with Crippen LogP contribution >= 0.6 is 0 Å². The molecule has 0 aliphatic rings. The number of ether oxygens (including phenoxy) is 1. The average Bonchev–Trinajstić information content (AvgIpc) is 2.37. The van der Waals surface area contributed by atoms with Crippen molar-refractivity contribution >= 4 is 5.91 Å². The second kappa shape index (κ2) is 6.35. The van der Waals surface area contributed by atoms with E-state index >= 15 is 0 Å². The van der Waals surface area contributed by atoms with Crippen LogP contribution < -0.4 is 10.5 Å². The lowest BCUT2D eigenvalue weighted by Gasteiger charge is -2.20. The molecule has 0 bridgehead atoms. The molecule has 5 heteroatoms. The predicted molar refractivity (Wildman–Crippen MR) is 67.7 cm³/mol. The van der Waals surface area contributed by atoms with E-state index in [0.29, 0.717) is 18.5 Å². The van der Waals surface area contributed by atoms with Crippen LogP contribution in [0.25, 0.3) is 0 Å². The topological polar surface area (TPSA) is 55.6 Å². The first-order valence-electron chi connectivity index (χ1n) is 5.82. The summed E-state index contributed by atoms with van der Waals surface area (Å²) < 4.78 is 18.3. The van der Waals surface area contributed by atoms with Gasteiger partial charge in [0, 0.05) is 13.6 Å². The number of halogens is 1. The normalized spacial score (nSPS) is 12.1. The number of methoxy groups -OCH3 is 1. The summed E-state index contributed by atoms with van der Waals surface area (Å²) in [6.07, 6.45) is 0.583. The summed E-state index contributed by atoms with van der Waals surface area (Å²) in [6.45, 7) is 2.18. The van der Waals surface area contributed by atoms with E-state index in [1.165, 1.54) is 18.1 Å². The molecule has 0 saturated carbocycles. The van der Waals surface area contributed by atoms with Crippen molar-refractivity contribution in [2.24, 2.45) is 5.73 Å². The Morgan fingerprint density at radius 3 is 2.72 bits per heavy atom. The van der Waals surface area contributed by atoms with E-state index in [0.717, 1.165) is 0 Å². The Kier molecular flexibility index (Phi) is 5.09. The molecule has 1 atom stereocenters. The van der Waals surface area contributed by atoms with Crippen molar-refractivity contribution in [3.05, 3.63) is 29.6 Å². The van der Waals surface area contributed by atoms with Crippen molar-refractivity contribution in [3.8, 4) is 5.75 Å². The van der Waals surface area contributed by atoms with Crippen molar-refractivity contribution in [1.82, 2.24) is 4.90 Å². The van der Waals surface area contributed by atoms with E-state index in [9.17, 15) is 9.18 Å². The van der Waals surface area contributed by atoms with E-state index in [2.05, 4.69) is 0 Å². The van der Waals surface area contributed by atoms with Crippen LogP contribution in [-0.4, -0.2) is 31.0 Å². The zero-order valence-corrected chi connectivity index (χ0v) is 10.9. The summed E-state index contributed by atoms with van der Waals surface area (Å²) in [6, 6.07) is 4.13. The van der Waals surface area contributed by atoms with E-state index in [4.69, 9.17) is 10.5 Å². The molecule has 0 fully saturated rings. The van der Waals surface area contributed by atoms with E-state index in [1.807, 2.05) is 6.92 Å². The Hall–Kier alpha value is -1.62. The third-order valence-electron chi connectivity index (χ3n) is 2.77. The SMILES string of the molecule is CC[C@H](N)C(=O)N(C)Cc1ccc(OC)c(F)c1. The Labute approximate surface area is 107 Å². The van der Waals surface area contributed by atoms with Crippen LogP contribution in [0, 0.1) is 5.82 Å². The number of carbonyl (C=O) groups is 1. The van der Waals surface area contributed by atoms with E-state index in [-0.39, 0.29) is 11.7 Å². The Morgan fingerprint density at radius 1 is 1.56 bits per heavy atom. The summed E-state index contributed by atoms with van der Waals surface area (Å²) in [4.78, 5) is 13.3. The van der Waals surface area contributed by atoms with Gasteiger partial charge in [-0.25, -0.2) is 4.39 Å². The van der Waals surface area contributed by atoms with Crippen molar-refractivity contribution in [2.45, 2.75) is 25.9 Å². The van der Waals surface area contributed by atoms with Crippen LogP contribution in [0.5, 0.6) is 5.75 Å². The minimum atomic E-state index is -0.502. The van der Waals surface area contributed by atoms with Gasteiger partial charge in [0.15, 0.2) is 11.6 Å². The first-order chi connectivity index (χ1) is 8.49. The van der Waals surface area contributed by atoms with Gasteiger partial charge in [0.05, 0.1) is 13.2 Å². The molecule has 0 radical (unpaired) electrons. The molecule has 0 heterocycles. The quantitative estimate of drug-likeness (QED) is 0.867. The smallest absolute Gasteiger partial charge is 0.239 e. The fourth-order valence-corrected chi connectivity index (χ4v) is 1.62. The van der Waals surface area contributed by atoms with Crippen LogP contribution in [-0.2, 0) is 11.3 Å². The highest BCUT2D eigenvalue weighted by Gasteiger charge is 2.16. The molecule has 2 N–H and O–H groups in total. The van der Waals surface area contributed by atoms with Gasteiger partial charge in [-0.2, -0.15) is 0 Å². The molecule has 0 aliphatic heterocycles. The molecule has 1 amide bonds. The fraction of sp³-hybridized carbons (Fsp3) is 0.462. The molecule has 1 aromatic carbocycles. The van der Waals surface area contributed by atoms with Crippen molar-refractivity contribution in [2.75, 3.05) is 14.2 Å². The van der Waals surface area contributed by atoms with Crippen LogP contribution in [0.3, 0.4) is 0 Å². The first kappa shape index (κ1) is 14.4. The number of hydrogen-bond acceptors (Lipinski definition) is 3. The first-order valence-corrected chi connectivity index (χ1v) is 5.82. The molecule has 0 spiro atoms. The molecule has 0 saturated heterocycles. The van der Waals surface area contributed by atoms with Gasteiger partial charge < -0.3 is 15.4 Å². The summed E-state index contributed by atoms with van der Waals surface area (Å²) in [5.41, 5.74) is 6.36. The fourth-order valence-electron chi connectivity index (χ4n) is 1.62. The standard InChI is InChI=1S/C13H19FN2O2/c1-4-11(15)13(17)16(2)8-9-5-6-12(18-3)10(14)7-9/h5-7,11H,4,8,15H2,1-3H3/t11-/m0/s1. The van der Waals surface area contributed by atoms with Crippen LogP contribution in [0.1, 0.15) is 18.9 Å². The molecule has 1 aromatic rings. The van der Waals surface area contributed by atoms with Crippen LogP contribution in [0.4, 0.5) is 4.39 Å². The van der Waals surface area contributed by atoms with Crippen LogP contribution in [0.15, 0.2) is 18.2 Å². The van der Waals surface area contributed by atoms with Crippen molar-refractivity contribution in [3.63, 3.8) is 0 Å². The minimum Gasteiger partial charge on any atom is -0.494 e. The van der Waals surface area contributed by atoms with Gasteiger partial charge in [-0.15, -0.1) is 0 Å². The molecule has 1 rings (SSSR count). The van der Waals surface area contributed by atoms with E-state index < -0.39 is 11.9 Å². The lowest BCUT2D eigenvalue weighted by atomic mass is 10.1. The number of hydrogen-bond donors (Lipinski definition) is 1. The highest BCUT2D eigenvalue weighted by atomic mass is 19.1. The third-order valence-corrected chi connectivity index (χ3v) is 2.77. The molecule has 18 heavy (non-hydrogen) atoms. The largest absolute Gasteiger partial charge is 0.494 e. The molecule has 0 aromatic heterocycles. The lowest BCUT2D eigenvalue weighted by molar-refractivity contribution is -0.131. The Balaban J connectivity index is 2.73. The van der Waals surface area contributed by atoms with Crippen molar-refractivity contribution < 1.29 is 13.9 Å². The second-order valence-corrected chi connectivity index (χ2v) is 4.18. The van der Waals surface area contributed by atoms with Crippen molar-refractivity contribution in [1.29, 1.82) is 0 Å². The molecule has 0 unspecified atom stereocenters. The maximum Gasteiger partial charge on any atom is 0.239 e. The molecular formula is C13H19FN2O2. The zero-order chi connectivity index (χ0) is 13.7. The zero-order valence-electron chi connectivity index (χ0n) is 10.9. The number of likely N-dealkylation sites (N-methyl/N-ethyl adjacent to an activating group) is 1. The van der Waals surface area contributed by atoms with Gasteiger partial charge >= 0.3 is 0 Å². The Morgan fingerprint density at radius 2 is 2.22 bits per heavy atom. The lowest BCUT2D eigenvalue weighted by Crippen LogP contribution is -2.40. The second-order valence-electron chi connectivity index (χ2n) is 4.18. The molecule has 4 nitrogen and oxygen atoms in total. The number of amides is 1. The molecule has 100 valence electrons. The number of nitrogens with two attached hydrogens (primary N) is 1. The molecule has 0 aliphatic carbocycles. The predicted octanol–water partition coefficient (Wildman–Crippen LogP) is 1.53. The third kappa shape index (κ3) is 3.43. The summed E-state index contributed by atoms with van der Waals surface area (Å²) in [7, 11) is 3.06. The van der Waals surface area contributed by atoms with Gasteiger partial charge in [-0.1, -0.05) is 13.0 Å². The summed E-state index contributed by atoms with van der Waals surface area (Å²) in [5, 5.41) is 0. The number of carbonyl (C=O) groups excluding carboxylic acids is 1. The number of rotatable bonds is 5. The monoisotopic (exact) mass is 254 g/mol. The summed E-state index contributed by atoms with van der Waals surface area (Å²) >= 11 is 0. The summed E-state index contributed by atoms with van der Waals surface area (Å²) in [5.74, 6) is -0.387. The highest BCUT2D eigenvalue weighted by Crippen LogP contribution is 2.18. The van der Waals surface area contributed by atoms with Gasteiger partial charge in [0.2, 0.25) is 5.91 Å². The van der Waals surface area contributed by atoms with Gasteiger partial charge in [0.25, 0.3) is 0 Å². The average molecular weight is 254 g/mol.